The lowest BCUT2D eigenvalue weighted by molar-refractivity contribution is 0.478. The highest BCUT2D eigenvalue weighted by Crippen LogP contribution is 2.06. The molecule has 0 saturated carbocycles. The third-order valence-corrected chi connectivity index (χ3v) is 2.60. The van der Waals surface area contributed by atoms with Gasteiger partial charge in [0.05, 0.1) is 0 Å². The molecule has 0 saturated heterocycles. The van der Waals surface area contributed by atoms with Crippen molar-refractivity contribution in [1.29, 1.82) is 0 Å². The molecular formula is C13H18BrFIN3. The molecule has 0 bridgehead atoms. The van der Waals surface area contributed by atoms with Crippen molar-refractivity contribution < 1.29 is 4.39 Å². The molecule has 1 aromatic rings. The molecule has 0 atom stereocenters. The highest BCUT2D eigenvalue weighted by molar-refractivity contribution is 14.0. The molecule has 1 rings (SSSR count). The zero-order valence-electron chi connectivity index (χ0n) is 11.0. The number of guanidine groups is 1. The van der Waals surface area contributed by atoms with Gasteiger partial charge in [-0.25, -0.2) is 4.39 Å². The summed E-state index contributed by atoms with van der Waals surface area (Å²) in [6, 6.07) is 6.55. The molecule has 0 aromatic heterocycles. The van der Waals surface area contributed by atoms with Crippen LogP contribution in [0.3, 0.4) is 0 Å². The smallest absolute Gasteiger partial charge is 0.193 e. The molecule has 1 aromatic carbocycles. The number of halogens is 3. The summed E-state index contributed by atoms with van der Waals surface area (Å²) >= 11 is 3.28. The lowest BCUT2D eigenvalue weighted by atomic mass is 10.2. The number of hydrogen-bond acceptors (Lipinski definition) is 1. The topological polar surface area (TPSA) is 27.6 Å². The fourth-order valence-electron chi connectivity index (χ4n) is 1.54. The Bertz CT molecular complexity index is 451. The first-order valence-corrected chi connectivity index (χ1v) is 6.31. The van der Waals surface area contributed by atoms with Crippen LogP contribution in [0.4, 0.5) is 4.39 Å². The van der Waals surface area contributed by atoms with E-state index in [1.807, 2.05) is 18.0 Å². The van der Waals surface area contributed by atoms with Gasteiger partial charge < -0.3 is 10.2 Å². The van der Waals surface area contributed by atoms with Crippen LogP contribution in [-0.4, -0.2) is 31.5 Å². The van der Waals surface area contributed by atoms with Crippen molar-refractivity contribution in [2.24, 2.45) is 4.99 Å². The first-order chi connectivity index (χ1) is 8.52. The third kappa shape index (κ3) is 6.91. The van der Waals surface area contributed by atoms with Crippen LogP contribution in [0.2, 0.25) is 0 Å². The molecule has 6 heteroatoms. The van der Waals surface area contributed by atoms with Crippen LogP contribution in [-0.2, 0) is 6.54 Å². The molecule has 0 aliphatic carbocycles. The number of benzene rings is 1. The minimum Gasteiger partial charge on any atom is -0.352 e. The Kier molecular flexibility index (Phi) is 8.99. The monoisotopic (exact) mass is 441 g/mol. The van der Waals surface area contributed by atoms with E-state index in [0.717, 1.165) is 16.0 Å². The van der Waals surface area contributed by atoms with Crippen molar-refractivity contribution in [3.63, 3.8) is 0 Å². The second-order valence-electron chi connectivity index (χ2n) is 3.90. The standard InChI is InChI=1S/C13H17BrFN3.HI/c1-10(14)8-17-13(16-2)18(3)9-11-5-4-6-12(15)7-11;/h4-7H,1,8-9H2,2-3H3,(H,16,17);1H. The Labute approximate surface area is 139 Å². The average Bonchev–Trinajstić information content (AvgIpc) is 2.29. The molecule has 1 N–H and O–H groups in total. The van der Waals surface area contributed by atoms with Gasteiger partial charge in [-0.1, -0.05) is 34.6 Å². The van der Waals surface area contributed by atoms with Crippen LogP contribution in [0, 0.1) is 5.82 Å². The quantitative estimate of drug-likeness (QED) is 0.440. The summed E-state index contributed by atoms with van der Waals surface area (Å²) < 4.78 is 13.9. The van der Waals surface area contributed by atoms with Crippen molar-refractivity contribution >= 4 is 45.9 Å². The van der Waals surface area contributed by atoms with E-state index in [1.54, 1.807) is 13.1 Å². The minimum absolute atomic E-state index is 0. The molecule has 106 valence electrons. The van der Waals surface area contributed by atoms with Crippen molar-refractivity contribution in [2.75, 3.05) is 20.6 Å². The average molecular weight is 442 g/mol. The zero-order chi connectivity index (χ0) is 13.5. The molecule has 0 unspecified atom stereocenters. The van der Waals surface area contributed by atoms with Crippen LogP contribution in [0.5, 0.6) is 0 Å². The summed E-state index contributed by atoms with van der Waals surface area (Å²) in [6.45, 7) is 4.93. The lowest BCUT2D eigenvalue weighted by Gasteiger charge is -2.22. The van der Waals surface area contributed by atoms with E-state index in [1.165, 1.54) is 12.1 Å². The first kappa shape index (κ1) is 18.4. The van der Waals surface area contributed by atoms with Crippen molar-refractivity contribution in [3.8, 4) is 0 Å². The van der Waals surface area contributed by atoms with E-state index < -0.39 is 0 Å². The van der Waals surface area contributed by atoms with Gasteiger partial charge in [0.2, 0.25) is 0 Å². The molecule has 0 radical (unpaired) electrons. The SMILES string of the molecule is C=C(Br)CNC(=NC)N(C)Cc1cccc(F)c1.I. The largest absolute Gasteiger partial charge is 0.352 e. The maximum absolute atomic E-state index is 13.1. The lowest BCUT2D eigenvalue weighted by Crippen LogP contribution is -2.38. The summed E-state index contributed by atoms with van der Waals surface area (Å²) in [6.07, 6.45) is 0. The Morgan fingerprint density at radius 1 is 1.53 bits per heavy atom. The van der Waals surface area contributed by atoms with Gasteiger partial charge >= 0.3 is 0 Å². The fraction of sp³-hybridized carbons (Fsp3) is 0.308. The van der Waals surface area contributed by atoms with Crippen LogP contribution in [0.1, 0.15) is 5.56 Å². The third-order valence-electron chi connectivity index (χ3n) is 2.32. The first-order valence-electron chi connectivity index (χ1n) is 5.52. The van der Waals surface area contributed by atoms with E-state index in [9.17, 15) is 4.39 Å². The van der Waals surface area contributed by atoms with Gasteiger partial charge in [-0.3, -0.25) is 4.99 Å². The normalized spacial score (nSPS) is 10.6. The van der Waals surface area contributed by atoms with E-state index in [2.05, 4.69) is 32.8 Å². The molecular weight excluding hydrogens is 424 g/mol. The predicted octanol–water partition coefficient (Wildman–Crippen LogP) is 3.36. The maximum atomic E-state index is 13.1. The Morgan fingerprint density at radius 2 is 2.21 bits per heavy atom. The molecule has 0 aliphatic heterocycles. The van der Waals surface area contributed by atoms with Crippen molar-refractivity contribution in [3.05, 3.63) is 46.7 Å². The number of aliphatic imine (C=N–C) groups is 1. The summed E-state index contributed by atoms with van der Waals surface area (Å²) in [4.78, 5) is 6.08. The van der Waals surface area contributed by atoms with E-state index in [4.69, 9.17) is 0 Å². The summed E-state index contributed by atoms with van der Waals surface area (Å²) in [7, 11) is 3.61. The summed E-state index contributed by atoms with van der Waals surface area (Å²) in [5.41, 5.74) is 0.901. The number of hydrogen-bond donors (Lipinski definition) is 1. The van der Waals surface area contributed by atoms with Gasteiger partial charge in [0.1, 0.15) is 5.82 Å². The maximum Gasteiger partial charge on any atom is 0.193 e. The Balaban J connectivity index is 0.00000324. The van der Waals surface area contributed by atoms with Gasteiger partial charge in [0.25, 0.3) is 0 Å². The van der Waals surface area contributed by atoms with Gasteiger partial charge in [-0.05, 0) is 17.7 Å². The molecule has 0 aliphatic rings. The summed E-state index contributed by atoms with van der Waals surface area (Å²) in [5.74, 6) is 0.512. The number of nitrogens with zero attached hydrogens (tertiary/aromatic N) is 2. The number of nitrogens with one attached hydrogen (secondary N) is 1. The number of rotatable bonds is 4. The minimum atomic E-state index is -0.224. The Morgan fingerprint density at radius 3 is 2.74 bits per heavy atom. The highest BCUT2D eigenvalue weighted by atomic mass is 127. The van der Waals surface area contributed by atoms with Crippen molar-refractivity contribution in [2.45, 2.75) is 6.54 Å². The second-order valence-corrected chi connectivity index (χ2v) is 5.03. The Hall–Kier alpha value is -0.630. The van der Waals surface area contributed by atoms with Crippen molar-refractivity contribution in [1.82, 2.24) is 10.2 Å². The van der Waals surface area contributed by atoms with Crippen LogP contribution in [0.25, 0.3) is 0 Å². The second kappa shape index (κ2) is 9.30. The fourth-order valence-corrected chi connectivity index (χ4v) is 1.68. The van der Waals surface area contributed by atoms with E-state index in [-0.39, 0.29) is 29.8 Å². The molecule has 0 fully saturated rings. The van der Waals surface area contributed by atoms with E-state index >= 15 is 0 Å². The molecule has 19 heavy (non-hydrogen) atoms. The molecule has 0 spiro atoms. The highest BCUT2D eigenvalue weighted by Gasteiger charge is 2.06. The van der Waals surface area contributed by atoms with E-state index in [0.29, 0.717) is 13.1 Å². The molecule has 0 amide bonds. The van der Waals surface area contributed by atoms with Gasteiger partial charge in [0.15, 0.2) is 5.96 Å². The van der Waals surface area contributed by atoms with Crippen LogP contribution >= 0.6 is 39.9 Å². The van der Waals surface area contributed by atoms with Crippen LogP contribution < -0.4 is 5.32 Å². The molecule has 0 heterocycles. The van der Waals surface area contributed by atoms with Crippen LogP contribution in [0.15, 0.2) is 40.3 Å². The summed E-state index contributed by atoms with van der Waals surface area (Å²) in [5, 5.41) is 3.14. The predicted molar refractivity (Wildman–Crippen MR) is 92.7 cm³/mol. The van der Waals surface area contributed by atoms with Gasteiger partial charge in [-0.15, -0.1) is 24.0 Å². The van der Waals surface area contributed by atoms with Gasteiger partial charge in [0, 0.05) is 31.7 Å². The van der Waals surface area contributed by atoms with Gasteiger partial charge in [-0.2, -0.15) is 0 Å². The zero-order valence-corrected chi connectivity index (χ0v) is 14.9. The molecule has 3 nitrogen and oxygen atoms in total.